The normalized spacial score (nSPS) is 10.0. The van der Waals surface area contributed by atoms with Crippen LogP contribution < -0.4 is 4.90 Å². The summed E-state index contributed by atoms with van der Waals surface area (Å²) in [4.78, 5) is 6.91. The van der Waals surface area contributed by atoms with Crippen LogP contribution in [0.25, 0.3) is 22.6 Å². The average Bonchev–Trinajstić information content (AvgIpc) is 3.40. The molecule has 2 aromatic carbocycles. The van der Waals surface area contributed by atoms with Crippen molar-refractivity contribution in [3.05, 3.63) is 120 Å². The van der Waals surface area contributed by atoms with Crippen molar-refractivity contribution in [2.75, 3.05) is 11.9 Å². The highest BCUT2D eigenvalue weighted by atomic mass is 16.3. The topological polar surface area (TPSA) is 53.1 Å². The first-order valence-electron chi connectivity index (χ1n) is 11.4. The molecule has 0 N–H and O–H groups in total. The fourth-order valence-electron chi connectivity index (χ4n) is 3.65. The quantitative estimate of drug-likeness (QED) is 0.274. The highest BCUT2D eigenvalue weighted by Crippen LogP contribution is 2.35. The summed E-state index contributed by atoms with van der Waals surface area (Å²) in [6.45, 7) is 14.8. The Morgan fingerprint density at radius 2 is 1.63 bits per heavy atom. The van der Waals surface area contributed by atoms with Crippen molar-refractivity contribution in [2.45, 2.75) is 27.3 Å². The standard InChI is InChI=1S/C24H23N3O.C7H8/c1-16(2)23-20(18(4)14-25)13-21(22-7-6-12-28-22)26-24(23)27(5)15-19-10-8-17(3)9-11-19;1-7-5-3-2-4-6-7/h6-13H,1,4,15H2,2-3,5H3;2-6H,1H3. The molecule has 0 aliphatic rings. The van der Waals surface area contributed by atoms with E-state index in [0.29, 0.717) is 23.6 Å². The van der Waals surface area contributed by atoms with Gasteiger partial charge in [-0.15, -0.1) is 0 Å². The molecule has 0 saturated carbocycles. The second-order valence-corrected chi connectivity index (χ2v) is 8.60. The first-order chi connectivity index (χ1) is 16.8. The number of rotatable bonds is 6. The fourth-order valence-corrected chi connectivity index (χ4v) is 3.65. The monoisotopic (exact) mass is 461 g/mol. The van der Waals surface area contributed by atoms with Gasteiger partial charge >= 0.3 is 0 Å². The number of hydrogen-bond donors (Lipinski definition) is 0. The van der Waals surface area contributed by atoms with Gasteiger partial charge in [-0.3, -0.25) is 0 Å². The summed E-state index contributed by atoms with van der Waals surface area (Å²) >= 11 is 0. The number of benzene rings is 2. The molecule has 4 aromatic rings. The fraction of sp³-hybridized carbons (Fsp3) is 0.161. The molecule has 176 valence electrons. The Kier molecular flexibility index (Phi) is 8.43. The predicted octanol–water partition coefficient (Wildman–Crippen LogP) is 7.85. The molecular weight excluding hydrogens is 430 g/mol. The maximum atomic E-state index is 9.47. The minimum Gasteiger partial charge on any atom is -0.463 e. The van der Waals surface area contributed by atoms with Gasteiger partial charge in [0, 0.05) is 24.7 Å². The van der Waals surface area contributed by atoms with Crippen LogP contribution in [0.3, 0.4) is 0 Å². The number of pyridine rings is 1. The second-order valence-electron chi connectivity index (χ2n) is 8.60. The molecule has 0 saturated heterocycles. The number of allylic oxidation sites excluding steroid dienone is 2. The first-order valence-corrected chi connectivity index (χ1v) is 11.4. The summed E-state index contributed by atoms with van der Waals surface area (Å²) in [7, 11) is 1.99. The van der Waals surface area contributed by atoms with Crippen LogP contribution in [0.5, 0.6) is 0 Å². The Balaban J connectivity index is 0.000000420. The number of hydrogen-bond acceptors (Lipinski definition) is 4. The van der Waals surface area contributed by atoms with E-state index in [0.717, 1.165) is 22.5 Å². The van der Waals surface area contributed by atoms with E-state index in [-0.39, 0.29) is 0 Å². The lowest BCUT2D eigenvalue weighted by atomic mass is 9.96. The summed E-state index contributed by atoms with van der Waals surface area (Å²) in [5.74, 6) is 1.39. The smallest absolute Gasteiger partial charge is 0.152 e. The van der Waals surface area contributed by atoms with Crippen LogP contribution in [-0.4, -0.2) is 12.0 Å². The minimum atomic E-state index is 0.373. The molecule has 2 heterocycles. The molecule has 0 fully saturated rings. The lowest BCUT2D eigenvalue weighted by Crippen LogP contribution is -2.20. The van der Waals surface area contributed by atoms with E-state index in [1.807, 2.05) is 50.4 Å². The van der Waals surface area contributed by atoms with Crippen LogP contribution in [0.4, 0.5) is 5.82 Å². The summed E-state index contributed by atoms with van der Waals surface area (Å²) in [6.07, 6.45) is 1.61. The Labute approximate surface area is 208 Å². The van der Waals surface area contributed by atoms with Gasteiger partial charge in [-0.2, -0.15) is 5.26 Å². The number of furan rings is 1. The SMILES string of the molecule is C=C(C#N)c1cc(-c2ccco2)nc(N(C)Cc2ccc(C)cc2)c1C(=C)C.Cc1ccccc1. The molecule has 0 aliphatic carbocycles. The second kappa shape index (κ2) is 11.7. The molecule has 0 aliphatic heterocycles. The molecule has 0 unspecified atom stereocenters. The van der Waals surface area contributed by atoms with Crippen molar-refractivity contribution in [2.24, 2.45) is 0 Å². The van der Waals surface area contributed by atoms with Gasteiger partial charge in [-0.1, -0.05) is 78.9 Å². The zero-order chi connectivity index (χ0) is 25.4. The van der Waals surface area contributed by atoms with Crippen LogP contribution >= 0.6 is 0 Å². The third-order valence-electron chi connectivity index (χ3n) is 5.50. The maximum Gasteiger partial charge on any atom is 0.152 e. The molecular formula is C31H31N3O. The highest BCUT2D eigenvalue weighted by molar-refractivity contribution is 5.89. The Morgan fingerprint density at radius 3 is 2.14 bits per heavy atom. The summed E-state index contributed by atoms with van der Waals surface area (Å²) in [5, 5.41) is 9.47. The number of aryl methyl sites for hydroxylation is 2. The number of nitrogens with zero attached hydrogens (tertiary/aromatic N) is 3. The lowest BCUT2D eigenvalue weighted by Gasteiger charge is -2.24. The zero-order valence-corrected chi connectivity index (χ0v) is 20.9. The number of anilines is 1. The van der Waals surface area contributed by atoms with Crippen LogP contribution in [-0.2, 0) is 6.54 Å². The molecule has 0 spiro atoms. The molecule has 35 heavy (non-hydrogen) atoms. The van der Waals surface area contributed by atoms with Crippen molar-refractivity contribution in [3.8, 4) is 17.5 Å². The van der Waals surface area contributed by atoms with Crippen LogP contribution in [0.2, 0.25) is 0 Å². The summed E-state index contributed by atoms with van der Waals surface area (Å²) in [6, 6.07) is 26.3. The number of nitriles is 1. The van der Waals surface area contributed by atoms with E-state index < -0.39 is 0 Å². The van der Waals surface area contributed by atoms with Gasteiger partial charge in [-0.25, -0.2) is 4.98 Å². The van der Waals surface area contributed by atoms with Gasteiger partial charge in [0.1, 0.15) is 11.5 Å². The van der Waals surface area contributed by atoms with E-state index in [1.165, 1.54) is 16.7 Å². The van der Waals surface area contributed by atoms with Gasteiger partial charge in [-0.05, 0) is 50.1 Å². The van der Waals surface area contributed by atoms with Crippen molar-refractivity contribution >= 4 is 17.0 Å². The zero-order valence-electron chi connectivity index (χ0n) is 20.9. The van der Waals surface area contributed by atoms with E-state index in [9.17, 15) is 5.26 Å². The molecule has 2 aromatic heterocycles. The summed E-state index contributed by atoms with van der Waals surface area (Å²) < 4.78 is 5.54. The van der Waals surface area contributed by atoms with Gasteiger partial charge in [0.25, 0.3) is 0 Å². The van der Waals surface area contributed by atoms with E-state index >= 15 is 0 Å². The predicted molar refractivity (Wildman–Crippen MR) is 146 cm³/mol. The van der Waals surface area contributed by atoms with Gasteiger partial charge in [0.15, 0.2) is 5.76 Å². The lowest BCUT2D eigenvalue weighted by molar-refractivity contribution is 0.580. The third-order valence-corrected chi connectivity index (χ3v) is 5.50. The maximum absolute atomic E-state index is 9.47. The highest BCUT2D eigenvalue weighted by Gasteiger charge is 2.20. The number of aromatic nitrogens is 1. The molecule has 0 radical (unpaired) electrons. The Bertz CT molecular complexity index is 1330. The van der Waals surface area contributed by atoms with Crippen LogP contribution in [0, 0.1) is 25.2 Å². The largest absolute Gasteiger partial charge is 0.463 e. The van der Waals surface area contributed by atoms with Crippen molar-refractivity contribution in [1.82, 2.24) is 4.98 Å². The molecule has 4 nitrogen and oxygen atoms in total. The Hall–Kier alpha value is -4.36. The molecule has 0 bridgehead atoms. The molecule has 4 rings (SSSR count). The van der Waals surface area contributed by atoms with Crippen molar-refractivity contribution in [1.29, 1.82) is 5.26 Å². The van der Waals surface area contributed by atoms with Crippen LogP contribution in [0.1, 0.15) is 34.7 Å². The third kappa shape index (κ3) is 6.59. The van der Waals surface area contributed by atoms with Gasteiger partial charge < -0.3 is 9.32 Å². The van der Waals surface area contributed by atoms with E-state index in [4.69, 9.17) is 9.40 Å². The van der Waals surface area contributed by atoms with Crippen molar-refractivity contribution < 1.29 is 4.42 Å². The van der Waals surface area contributed by atoms with Gasteiger partial charge in [0.05, 0.1) is 17.9 Å². The minimum absolute atomic E-state index is 0.373. The van der Waals surface area contributed by atoms with E-state index in [2.05, 4.69) is 74.4 Å². The molecule has 4 heteroatoms. The average molecular weight is 462 g/mol. The molecule has 0 atom stereocenters. The van der Waals surface area contributed by atoms with Crippen molar-refractivity contribution in [3.63, 3.8) is 0 Å². The first kappa shape index (κ1) is 25.3. The van der Waals surface area contributed by atoms with Gasteiger partial charge in [0.2, 0.25) is 0 Å². The van der Waals surface area contributed by atoms with Crippen LogP contribution in [0.15, 0.2) is 96.6 Å². The summed E-state index contributed by atoms with van der Waals surface area (Å²) in [5.41, 5.74) is 7.13. The van der Waals surface area contributed by atoms with E-state index in [1.54, 1.807) is 6.26 Å². The Morgan fingerprint density at radius 1 is 0.971 bits per heavy atom. The molecule has 0 amide bonds.